The summed E-state index contributed by atoms with van der Waals surface area (Å²) >= 11 is 4.50. The van der Waals surface area contributed by atoms with Gasteiger partial charge in [0.15, 0.2) is 5.82 Å². The maximum Gasteiger partial charge on any atom is 0.277 e. The molecule has 0 radical (unpaired) electrons. The minimum Gasteiger partial charge on any atom is -0.410 e. The number of aromatic nitrogens is 5. The average molecular weight is 377 g/mol. The zero-order valence-corrected chi connectivity index (χ0v) is 15.2. The first kappa shape index (κ1) is 15.5. The monoisotopic (exact) mass is 377 g/mol. The fraction of sp³-hybridized carbons (Fsp3) is 0.214. The van der Waals surface area contributed by atoms with E-state index in [0.29, 0.717) is 28.6 Å². The number of thiophene rings is 1. The van der Waals surface area contributed by atoms with E-state index < -0.39 is 0 Å². The van der Waals surface area contributed by atoms with Crippen LogP contribution in [0.5, 0.6) is 0 Å². The lowest BCUT2D eigenvalue weighted by Gasteiger charge is -1.90. The van der Waals surface area contributed by atoms with E-state index in [-0.39, 0.29) is 0 Å². The fourth-order valence-corrected chi connectivity index (χ4v) is 4.11. The highest BCUT2D eigenvalue weighted by Crippen LogP contribution is 2.31. The van der Waals surface area contributed by atoms with Crippen molar-refractivity contribution in [3.8, 4) is 22.2 Å². The van der Waals surface area contributed by atoms with Gasteiger partial charge in [-0.3, -0.25) is 0 Å². The largest absolute Gasteiger partial charge is 0.410 e. The van der Waals surface area contributed by atoms with E-state index in [2.05, 4.69) is 25.3 Å². The second-order valence-corrected chi connectivity index (χ2v) is 7.75. The normalized spacial score (nSPS) is 11.2. The maximum atomic E-state index is 5.69. The van der Waals surface area contributed by atoms with Crippen LogP contribution in [0.15, 0.2) is 31.0 Å². The van der Waals surface area contributed by atoms with Gasteiger partial charge in [0.2, 0.25) is 0 Å². The third-order valence-corrected chi connectivity index (χ3v) is 5.62. The molecule has 4 heterocycles. The zero-order valence-electron chi connectivity index (χ0n) is 12.7. The Kier molecular flexibility index (Phi) is 4.17. The number of thiazole rings is 1. The van der Waals surface area contributed by atoms with Crippen LogP contribution in [-0.2, 0) is 5.75 Å². The van der Waals surface area contributed by atoms with Crippen molar-refractivity contribution in [1.82, 2.24) is 25.3 Å². The second kappa shape index (κ2) is 6.46. The van der Waals surface area contributed by atoms with Crippen LogP contribution in [0, 0.1) is 13.8 Å². The highest BCUT2D eigenvalue weighted by molar-refractivity contribution is 7.98. The quantitative estimate of drug-likeness (QED) is 0.478. The molecule has 0 atom stereocenters. The highest BCUT2D eigenvalue weighted by Gasteiger charge is 2.16. The number of thioether (sulfide) groups is 1. The standard InChI is InChI=1S/C14H11N5O2S3/c1-7-11(24-8(2)15-7)13-17-18-14(20-13)23-6-10-16-12(21-19-10)9-3-4-22-5-9/h3-5H,6H2,1-2H3. The van der Waals surface area contributed by atoms with Crippen molar-refractivity contribution in [3.63, 3.8) is 0 Å². The molecule has 4 aromatic heterocycles. The summed E-state index contributed by atoms with van der Waals surface area (Å²) in [6, 6.07) is 1.94. The molecule has 0 aliphatic heterocycles. The Morgan fingerprint density at radius 3 is 2.83 bits per heavy atom. The molecule has 10 heteroatoms. The summed E-state index contributed by atoms with van der Waals surface area (Å²) in [6.45, 7) is 3.88. The molecule has 0 aromatic carbocycles. The van der Waals surface area contributed by atoms with Gasteiger partial charge in [-0.2, -0.15) is 16.3 Å². The van der Waals surface area contributed by atoms with Crippen LogP contribution in [0.1, 0.15) is 16.5 Å². The SMILES string of the molecule is Cc1nc(C)c(-c2nnc(SCc3noc(-c4ccsc4)n3)o2)s1. The predicted molar refractivity (Wildman–Crippen MR) is 92.1 cm³/mol. The molecular formula is C14H11N5O2S3. The van der Waals surface area contributed by atoms with E-state index in [1.807, 2.05) is 30.7 Å². The topological polar surface area (TPSA) is 90.7 Å². The summed E-state index contributed by atoms with van der Waals surface area (Å²) < 4.78 is 10.9. The molecule has 0 bridgehead atoms. The van der Waals surface area contributed by atoms with Crippen LogP contribution in [0.3, 0.4) is 0 Å². The van der Waals surface area contributed by atoms with Crippen LogP contribution in [0.25, 0.3) is 22.2 Å². The predicted octanol–water partition coefficient (Wildman–Crippen LogP) is 4.21. The fourth-order valence-electron chi connectivity index (χ4n) is 2.03. The molecule has 4 aromatic rings. The zero-order chi connectivity index (χ0) is 16.5. The Morgan fingerprint density at radius 1 is 1.17 bits per heavy atom. The summed E-state index contributed by atoms with van der Waals surface area (Å²) in [7, 11) is 0. The molecule has 7 nitrogen and oxygen atoms in total. The van der Waals surface area contributed by atoms with Gasteiger partial charge in [-0.15, -0.1) is 21.5 Å². The van der Waals surface area contributed by atoms with Crippen molar-refractivity contribution >= 4 is 34.4 Å². The van der Waals surface area contributed by atoms with Crippen LogP contribution in [0.2, 0.25) is 0 Å². The minimum atomic E-state index is 0.470. The summed E-state index contributed by atoms with van der Waals surface area (Å²) in [5, 5.41) is 17.5. The molecule has 122 valence electrons. The Labute approximate surface area is 149 Å². The van der Waals surface area contributed by atoms with Gasteiger partial charge in [0.05, 0.1) is 22.0 Å². The molecule has 0 unspecified atom stereocenters. The van der Waals surface area contributed by atoms with Crippen molar-refractivity contribution in [2.24, 2.45) is 0 Å². The molecule has 4 rings (SSSR count). The molecular weight excluding hydrogens is 366 g/mol. The Balaban J connectivity index is 1.44. The number of rotatable bonds is 5. The molecule has 0 aliphatic rings. The van der Waals surface area contributed by atoms with E-state index in [1.54, 1.807) is 22.7 Å². The van der Waals surface area contributed by atoms with Crippen molar-refractivity contribution < 1.29 is 8.94 Å². The van der Waals surface area contributed by atoms with Gasteiger partial charge in [-0.05, 0) is 25.3 Å². The van der Waals surface area contributed by atoms with E-state index in [0.717, 1.165) is 21.1 Å². The third-order valence-electron chi connectivity index (χ3n) is 3.07. The van der Waals surface area contributed by atoms with Crippen LogP contribution in [-0.4, -0.2) is 25.3 Å². The molecule has 0 saturated carbocycles. The lowest BCUT2D eigenvalue weighted by Crippen LogP contribution is -1.84. The lowest BCUT2D eigenvalue weighted by atomic mass is 10.3. The smallest absolute Gasteiger partial charge is 0.277 e. The van der Waals surface area contributed by atoms with E-state index in [4.69, 9.17) is 8.94 Å². The first-order chi connectivity index (χ1) is 11.7. The second-order valence-electron chi connectivity index (χ2n) is 4.84. The van der Waals surface area contributed by atoms with Gasteiger partial charge in [0, 0.05) is 5.38 Å². The molecule has 0 aliphatic carbocycles. The van der Waals surface area contributed by atoms with Gasteiger partial charge in [-0.1, -0.05) is 16.9 Å². The van der Waals surface area contributed by atoms with E-state index in [1.165, 1.54) is 11.8 Å². The summed E-state index contributed by atoms with van der Waals surface area (Å²) in [6.07, 6.45) is 0. The van der Waals surface area contributed by atoms with Gasteiger partial charge in [-0.25, -0.2) is 4.98 Å². The van der Waals surface area contributed by atoms with Gasteiger partial charge < -0.3 is 8.94 Å². The molecule has 0 N–H and O–H groups in total. The lowest BCUT2D eigenvalue weighted by molar-refractivity contribution is 0.425. The number of hydrogen-bond acceptors (Lipinski definition) is 10. The number of hydrogen-bond donors (Lipinski definition) is 0. The van der Waals surface area contributed by atoms with Crippen molar-refractivity contribution in [3.05, 3.63) is 33.4 Å². The average Bonchev–Trinajstić information content (AvgIpc) is 3.33. The van der Waals surface area contributed by atoms with E-state index >= 15 is 0 Å². The van der Waals surface area contributed by atoms with Gasteiger partial charge >= 0.3 is 0 Å². The minimum absolute atomic E-state index is 0.470. The van der Waals surface area contributed by atoms with Crippen LogP contribution >= 0.6 is 34.4 Å². The molecule has 24 heavy (non-hydrogen) atoms. The van der Waals surface area contributed by atoms with Crippen LogP contribution in [0.4, 0.5) is 0 Å². The van der Waals surface area contributed by atoms with Crippen molar-refractivity contribution in [2.75, 3.05) is 0 Å². The Hall–Kier alpha value is -2.04. The number of nitrogens with zero attached hydrogens (tertiary/aromatic N) is 5. The first-order valence-corrected chi connectivity index (χ1v) is 9.69. The van der Waals surface area contributed by atoms with Crippen molar-refractivity contribution in [1.29, 1.82) is 0 Å². The molecule has 0 spiro atoms. The Morgan fingerprint density at radius 2 is 2.08 bits per heavy atom. The molecule has 0 saturated heterocycles. The number of aryl methyl sites for hydroxylation is 2. The van der Waals surface area contributed by atoms with Gasteiger partial charge in [0.25, 0.3) is 17.0 Å². The molecule has 0 amide bonds. The first-order valence-electron chi connectivity index (χ1n) is 6.95. The maximum absolute atomic E-state index is 5.69. The summed E-state index contributed by atoms with van der Waals surface area (Å²) in [5.41, 5.74) is 1.83. The van der Waals surface area contributed by atoms with Crippen LogP contribution < -0.4 is 0 Å². The van der Waals surface area contributed by atoms with Crippen molar-refractivity contribution in [2.45, 2.75) is 24.8 Å². The molecule has 0 fully saturated rings. The summed E-state index contributed by atoms with van der Waals surface area (Å²) in [4.78, 5) is 9.64. The van der Waals surface area contributed by atoms with E-state index in [9.17, 15) is 0 Å². The third kappa shape index (κ3) is 3.12. The Bertz CT molecular complexity index is 957. The summed E-state index contributed by atoms with van der Waals surface area (Å²) in [5.74, 6) is 2.10. The highest BCUT2D eigenvalue weighted by atomic mass is 32.2. The van der Waals surface area contributed by atoms with Gasteiger partial charge in [0.1, 0.15) is 4.88 Å².